The van der Waals surface area contributed by atoms with Gasteiger partial charge in [0, 0.05) is 0 Å². The molecule has 3 saturated heterocycles. The largest absolute Gasteiger partial charge is 0.547 e. The molecule has 46 heavy (non-hydrogen) atoms. The second-order valence-corrected chi connectivity index (χ2v) is 10.9. The minimum atomic E-state index is -2.65. The third kappa shape index (κ3) is 8.27. The lowest BCUT2D eigenvalue weighted by atomic mass is 9.96. The van der Waals surface area contributed by atoms with Crippen LogP contribution in [-0.2, 0) is 33.2 Å². The summed E-state index contributed by atoms with van der Waals surface area (Å²) in [4.78, 5) is 11.0. The molecule has 3 aliphatic rings. The van der Waals surface area contributed by atoms with Gasteiger partial charge in [-0.1, -0.05) is 0 Å². The van der Waals surface area contributed by atoms with Crippen molar-refractivity contribution >= 4 is 5.97 Å². The molecule has 22 heteroatoms. The standard InChI is InChI=1S/C24H42O22/c25-1-5(29)18(11(32)14(35)21(39)40)44-23-16(37)12(33)20(7(3-27)42-23)46-24-17(38)13(34)19(8(4-28)43-24)45-22-15(36)10(31)9(30)6(2-26)41-22/h5-20,22-38H,1-4H2,(H,39,40)/p-1/t5-,6-,7-,8-,9-,10+,11-,12-,13-,14-,15-,16-,17-,18-,19-,20-,22-,23-,24-/m1/s1. The molecule has 0 aromatic carbocycles. The van der Waals surface area contributed by atoms with Gasteiger partial charge in [0.1, 0.15) is 97.7 Å². The van der Waals surface area contributed by atoms with Gasteiger partial charge in [-0.15, -0.1) is 0 Å². The first-order valence-corrected chi connectivity index (χ1v) is 14.0. The van der Waals surface area contributed by atoms with Crippen molar-refractivity contribution in [2.75, 3.05) is 26.4 Å². The Hall–Kier alpha value is -1.33. The predicted octanol–water partition coefficient (Wildman–Crippen LogP) is -11.4. The van der Waals surface area contributed by atoms with Crippen LogP contribution in [0.3, 0.4) is 0 Å². The summed E-state index contributed by atoms with van der Waals surface area (Å²) in [5.41, 5.74) is 0. The van der Waals surface area contributed by atoms with Crippen molar-refractivity contribution in [1.82, 2.24) is 0 Å². The van der Waals surface area contributed by atoms with E-state index in [1.807, 2.05) is 0 Å². The predicted molar refractivity (Wildman–Crippen MR) is 134 cm³/mol. The van der Waals surface area contributed by atoms with Crippen LogP contribution in [0.4, 0.5) is 0 Å². The molecule has 0 aromatic heterocycles. The second kappa shape index (κ2) is 16.9. The topological polar surface area (TPSA) is 379 Å². The van der Waals surface area contributed by atoms with Crippen LogP contribution in [0.5, 0.6) is 0 Å². The molecule has 0 amide bonds. The number of carboxylic acids is 1. The van der Waals surface area contributed by atoms with Crippen LogP contribution in [0.2, 0.25) is 0 Å². The number of carbonyl (C=O) groups excluding carboxylic acids is 1. The number of aliphatic hydroxyl groups excluding tert-OH is 14. The Morgan fingerprint density at radius 2 is 1.02 bits per heavy atom. The average Bonchev–Trinajstić information content (AvgIpc) is 3.04. The van der Waals surface area contributed by atoms with E-state index in [4.69, 9.17) is 28.4 Å². The fraction of sp³-hybridized carbons (Fsp3) is 0.958. The van der Waals surface area contributed by atoms with Crippen molar-refractivity contribution in [3.63, 3.8) is 0 Å². The van der Waals surface area contributed by atoms with Crippen molar-refractivity contribution in [3.05, 3.63) is 0 Å². The molecule has 270 valence electrons. The van der Waals surface area contributed by atoms with Crippen LogP contribution in [0.1, 0.15) is 0 Å². The number of hydrogen-bond donors (Lipinski definition) is 14. The maximum absolute atomic E-state index is 11.0. The molecule has 19 atom stereocenters. The zero-order chi connectivity index (χ0) is 34.6. The molecule has 22 nitrogen and oxygen atoms in total. The first-order valence-electron chi connectivity index (χ1n) is 14.0. The number of carboxylic acid groups (broad SMARTS) is 1. The van der Waals surface area contributed by atoms with E-state index in [1.54, 1.807) is 0 Å². The Balaban J connectivity index is 1.73. The van der Waals surface area contributed by atoms with Crippen LogP contribution >= 0.6 is 0 Å². The van der Waals surface area contributed by atoms with Gasteiger partial charge >= 0.3 is 0 Å². The normalized spacial score (nSPS) is 44.7. The summed E-state index contributed by atoms with van der Waals surface area (Å²) in [6, 6.07) is 0. The van der Waals surface area contributed by atoms with Crippen LogP contribution in [0, 0.1) is 0 Å². The molecule has 0 aromatic rings. The first-order chi connectivity index (χ1) is 21.6. The maximum atomic E-state index is 11.0. The SMILES string of the molecule is O=C([O-])[C@H](O)[C@@H](O)[C@H](O[C@H]1O[C@H](CO)[C@@H](O[C@H]2O[C@H](CO)[C@@H](O[C@H]3O[C@H](CO)[C@@H](O)[C@H](O)[C@H]3O)[C@H](O)[C@H]2O)[C@H](O)[C@H]1O)[C@H](O)CO. The fourth-order valence-corrected chi connectivity index (χ4v) is 5.13. The Morgan fingerprint density at radius 1 is 0.609 bits per heavy atom. The van der Waals surface area contributed by atoms with Gasteiger partial charge in [0.15, 0.2) is 18.9 Å². The Kier molecular flexibility index (Phi) is 14.3. The van der Waals surface area contributed by atoms with Crippen molar-refractivity contribution in [2.24, 2.45) is 0 Å². The van der Waals surface area contributed by atoms with Gasteiger partial charge in [0.05, 0.1) is 32.4 Å². The summed E-state index contributed by atoms with van der Waals surface area (Å²) in [5, 5.41) is 152. The zero-order valence-electron chi connectivity index (χ0n) is 23.8. The van der Waals surface area contributed by atoms with Crippen LogP contribution in [-0.4, -0.2) is 220 Å². The van der Waals surface area contributed by atoms with E-state index in [0.717, 1.165) is 0 Å². The highest BCUT2D eigenvalue weighted by atomic mass is 16.8. The molecular weight excluding hydrogens is 640 g/mol. The third-order valence-electron chi connectivity index (χ3n) is 7.83. The minimum Gasteiger partial charge on any atom is -0.547 e. The quantitative estimate of drug-likeness (QED) is 0.0809. The lowest BCUT2D eigenvalue weighted by molar-refractivity contribution is -0.383. The number of rotatable bonds is 14. The summed E-state index contributed by atoms with van der Waals surface area (Å²) in [5.74, 6) is -2.19. The van der Waals surface area contributed by atoms with Gasteiger partial charge in [-0.2, -0.15) is 0 Å². The van der Waals surface area contributed by atoms with Crippen LogP contribution < -0.4 is 5.11 Å². The van der Waals surface area contributed by atoms with Crippen molar-refractivity contribution in [2.45, 2.75) is 117 Å². The Bertz CT molecular complexity index is 940. The molecule has 0 aliphatic carbocycles. The molecule has 3 heterocycles. The number of ether oxygens (including phenoxy) is 6. The van der Waals surface area contributed by atoms with Crippen molar-refractivity contribution in [1.29, 1.82) is 0 Å². The summed E-state index contributed by atoms with van der Waals surface area (Å²) < 4.78 is 32.1. The number of hydrogen-bond acceptors (Lipinski definition) is 22. The summed E-state index contributed by atoms with van der Waals surface area (Å²) in [7, 11) is 0. The van der Waals surface area contributed by atoms with Crippen LogP contribution in [0.15, 0.2) is 0 Å². The smallest absolute Gasteiger partial charge is 0.187 e. The first kappa shape index (κ1) is 39.1. The van der Waals surface area contributed by atoms with Crippen molar-refractivity contribution < 1.29 is 110 Å². The molecule has 0 radical (unpaired) electrons. The zero-order valence-corrected chi connectivity index (χ0v) is 23.8. The lowest BCUT2D eigenvalue weighted by Crippen LogP contribution is -2.67. The Morgan fingerprint density at radius 3 is 1.46 bits per heavy atom. The van der Waals surface area contributed by atoms with Gasteiger partial charge in [0.2, 0.25) is 0 Å². The molecule has 0 saturated carbocycles. The molecule has 0 bridgehead atoms. The molecule has 3 aliphatic heterocycles. The van der Waals surface area contributed by atoms with Gasteiger partial charge in [0.25, 0.3) is 0 Å². The summed E-state index contributed by atoms with van der Waals surface area (Å²) >= 11 is 0. The fourth-order valence-electron chi connectivity index (χ4n) is 5.13. The van der Waals surface area contributed by atoms with E-state index in [9.17, 15) is 81.4 Å². The highest BCUT2D eigenvalue weighted by Gasteiger charge is 2.54. The van der Waals surface area contributed by atoms with Crippen LogP contribution in [0.25, 0.3) is 0 Å². The van der Waals surface area contributed by atoms with E-state index in [0.29, 0.717) is 0 Å². The molecule has 3 fully saturated rings. The molecule has 14 N–H and O–H groups in total. The van der Waals surface area contributed by atoms with E-state index in [1.165, 1.54) is 0 Å². The van der Waals surface area contributed by atoms with Gasteiger partial charge in [-0.25, -0.2) is 0 Å². The highest BCUT2D eigenvalue weighted by Crippen LogP contribution is 2.33. The summed E-state index contributed by atoms with van der Waals surface area (Å²) in [6.07, 6.45) is -37.3. The molecule has 3 rings (SSSR count). The van der Waals surface area contributed by atoms with Gasteiger partial charge < -0.3 is 110 Å². The van der Waals surface area contributed by atoms with E-state index >= 15 is 0 Å². The van der Waals surface area contributed by atoms with E-state index in [-0.39, 0.29) is 0 Å². The monoisotopic (exact) mass is 681 g/mol. The summed E-state index contributed by atoms with van der Waals surface area (Å²) in [6.45, 7) is -3.90. The Labute approximate surface area is 259 Å². The van der Waals surface area contributed by atoms with Gasteiger partial charge in [-0.3, -0.25) is 0 Å². The van der Waals surface area contributed by atoms with E-state index < -0.39 is 149 Å². The molecule has 0 spiro atoms. The number of aliphatic carboxylic acids is 1. The highest BCUT2D eigenvalue weighted by molar-refractivity contribution is 5.70. The third-order valence-corrected chi connectivity index (χ3v) is 7.83. The average molecular weight is 682 g/mol. The van der Waals surface area contributed by atoms with E-state index in [2.05, 4.69) is 0 Å². The molecule has 0 unspecified atom stereocenters. The lowest BCUT2D eigenvalue weighted by Gasteiger charge is -2.48. The number of carbonyl (C=O) groups is 1. The number of aliphatic hydroxyl groups is 14. The maximum Gasteiger partial charge on any atom is 0.187 e. The second-order valence-electron chi connectivity index (χ2n) is 10.9. The van der Waals surface area contributed by atoms with Crippen molar-refractivity contribution in [3.8, 4) is 0 Å². The molecular formula is C24H41O22-. The van der Waals surface area contributed by atoms with Gasteiger partial charge in [-0.05, 0) is 0 Å². The minimum absolute atomic E-state index is 0.808.